The van der Waals surface area contributed by atoms with E-state index < -0.39 is 22.7 Å². The number of rotatable bonds is 7. The molecule has 8 atom stereocenters. The molecule has 4 saturated carbocycles. The van der Waals surface area contributed by atoms with E-state index in [0.29, 0.717) is 68.9 Å². The molecule has 4 aliphatic carbocycles. The molecule has 6 rings (SSSR count). The molecular weight excluding hydrogens is 538 g/mol. The number of carbonyl (C=O) groups is 1. The second-order valence-corrected chi connectivity index (χ2v) is 13.5. The Kier molecular flexibility index (Phi) is 7.38. The van der Waals surface area contributed by atoms with E-state index in [4.69, 9.17) is 23.9 Å². The second-order valence-electron chi connectivity index (χ2n) is 13.5. The summed E-state index contributed by atoms with van der Waals surface area (Å²) in [6.07, 6.45) is 8.92. The topological polar surface area (TPSA) is 127 Å². The highest BCUT2D eigenvalue weighted by Gasteiger charge is 2.71. The van der Waals surface area contributed by atoms with Crippen LogP contribution in [0.15, 0.2) is 28.8 Å². The zero-order chi connectivity index (χ0) is 29.9. The Morgan fingerprint density at radius 2 is 1.69 bits per heavy atom. The van der Waals surface area contributed by atoms with Gasteiger partial charge < -0.3 is 34.3 Å². The van der Waals surface area contributed by atoms with Crippen molar-refractivity contribution in [1.29, 1.82) is 0 Å². The normalized spacial score (nSPS) is 41.0. The van der Waals surface area contributed by atoms with Crippen molar-refractivity contribution in [3.05, 3.63) is 29.3 Å². The van der Waals surface area contributed by atoms with Crippen molar-refractivity contribution in [3.63, 3.8) is 0 Å². The van der Waals surface area contributed by atoms with Crippen molar-refractivity contribution in [3.8, 4) is 17.2 Å². The first-order valence-corrected chi connectivity index (χ1v) is 15.3. The molecule has 8 unspecified atom stereocenters. The van der Waals surface area contributed by atoms with E-state index in [1.807, 2.05) is 18.3 Å². The van der Waals surface area contributed by atoms with Crippen LogP contribution in [-0.4, -0.2) is 72.7 Å². The fourth-order valence-corrected chi connectivity index (χ4v) is 9.90. The molecule has 1 heterocycles. The third-order valence-corrected chi connectivity index (χ3v) is 12.0. The number of fused-ring (bicyclic) bond motifs is 5. The molecular formula is C33H45NO8. The lowest BCUT2D eigenvalue weighted by molar-refractivity contribution is -0.237. The van der Waals surface area contributed by atoms with Gasteiger partial charge in [-0.1, -0.05) is 6.92 Å². The predicted molar refractivity (Wildman–Crippen MR) is 156 cm³/mol. The maximum Gasteiger partial charge on any atom is 0.331 e. The monoisotopic (exact) mass is 583 g/mol. The largest absolute Gasteiger partial charge is 0.493 e. The van der Waals surface area contributed by atoms with Crippen LogP contribution in [0.25, 0.3) is 0 Å². The number of benzene rings is 1. The molecule has 0 saturated heterocycles. The molecule has 9 heteroatoms. The summed E-state index contributed by atoms with van der Waals surface area (Å²) in [5, 5.41) is 35.5. The number of hydrogen-bond donors (Lipinski definition) is 3. The van der Waals surface area contributed by atoms with Gasteiger partial charge in [0.25, 0.3) is 0 Å². The van der Waals surface area contributed by atoms with Crippen LogP contribution in [-0.2, 0) is 16.1 Å². The number of aliphatic hydroxyl groups is 3. The zero-order valence-corrected chi connectivity index (χ0v) is 25.2. The molecule has 42 heavy (non-hydrogen) atoms. The smallest absolute Gasteiger partial charge is 0.331 e. The van der Waals surface area contributed by atoms with E-state index in [-0.39, 0.29) is 29.1 Å². The summed E-state index contributed by atoms with van der Waals surface area (Å²) in [6.45, 7) is 2.88. The van der Waals surface area contributed by atoms with Gasteiger partial charge in [-0.25, -0.2) is 4.79 Å². The minimum atomic E-state index is -1.10. The summed E-state index contributed by atoms with van der Waals surface area (Å²) in [5.41, 5.74) is -1.14. The van der Waals surface area contributed by atoms with Crippen LogP contribution >= 0.6 is 0 Å². The molecule has 0 spiro atoms. The number of aliphatic hydroxyl groups excluding tert-OH is 1. The first kappa shape index (κ1) is 29.5. The Bertz CT molecular complexity index is 1270. The number of carbonyl (C=O) groups excluding carboxylic acids is 1. The fourth-order valence-electron chi connectivity index (χ4n) is 9.90. The number of ether oxygens (including phenoxy) is 4. The highest BCUT2D eigenvalue weighted by atomic mass is 16.5. The van der Waals surface area contributed by atoms with Gasteiger partial charge >= 0.3 is 5.97 Å². The summed E-state index contributed by atoms with van der Waals surface area (Å²) < 4.78 is 21.8. The average molecular weight is 584 g/mol. The molecule has 1 aromatic rings. The third-order valence-electron chi connectivity index (χ3n) is 12.0. The molecule has 0 aromatic heterocycles. The SMILES string of the molecule is COc1cc(CN=CC23CCC(O)CC2(O)CCC2C3CCC3(C)C(C4=CC(=O)OC4)CCC23O)cc(OC)c1OC. The Morgan fingerprint density at radius 3 is 2.33 bits per heavy atom. The van der Waals surface area contributed by atoms with E-state index in [1.165, 1.54) is 0 Å². The van der Waals surface area contributed by atoms with Crippen LogP contribution in [0.5, 0.6) is 17.2 Å². The first-order valence-electron chi connectivity index (χ1n) is 15.3. The summed E-state index contributed by atoms with van der Waals surface area (Å²) in [7, 11) is 4.74. The van der Waals surface area contributed by atoms with Crippen LogP contribution in [0.4, 0.5) is 0 Å². The number of aliphatic imine (C=N–C) groups is 1. The molecule has 230 valence electrons. The van der Waals surface area contributed by atoms with Crippen LogP contribution in [0.3, 0.4) is 0 Å². The number of cyclic esters (lactones) is 1. The van der Waals surface area contributed by atoms with Crippen LogP contribution in [0, 0.1) is 28.6 Å². The van der Waals surface area contributed by atoms with E-state index in [2.05, 4.69) is 6.92 Å². The molecule has 1 aromatic carbocycles. The summed E-state index contributed by atoms with van der Waals surface area (Å²) in [5.74, 6) is 1.48. The number of hydrogen-bond acceptors (Lipinski definition) is 9. The molecule has 0 radical (unpaired) electrons. The molecule has 1 aliphatic heterocycles. The predicted octanol–water partition coefficient (Wildman–Crippen LogP) is 4.00. The molecule has 0 amide bonds. The lowest BCUT2D eigenvalue weighted by Crippen LogP contribution is -2.68. The summed E-state index contributed by atoms with van der Waals surface area (Å²) >= 11 is 0. The second kappa shape index (κ2) is 10.5. The van der Waals surface area contributed by atoms with Gasteiger partial charge in [-0.15, -0.1) is 0 Å². The van der Waals surface area contributed by atoms with Gasteiger partial charge in [-0.2, -0.15) is 0 Å². The third kappa shape index (κ3) is 4.21. The van der Waals surface area contributed by atoms with Gasteiger partial charge in [0.1, 0.15) is 6.61 Å². The van der Waals surface area contributed by atoms with Gasteiger partial charge in [0.2, 0.25) is 5.75 Å². The van der Waals surface area contributed by atoms with Gasteiger partial charge in [-0.05, 0) is 92.4 Å². The molecule has 4 fully saturated rings. The number of nitrogens with zero attached hydrogens (tertiary/aromatic N) is 1. The minimum absolute atomic E-state index is 0.0111. The van der Waals surface area contributed by atoms with Crippen LogP contribution in [0.2, 0.25) is 0 Å². The maximum atomic E-state index is 12.6. The Hall–Kier alpha value is -2.62. The molecule has 9 nitrogen and oxygen atoms in total. The standard InChI is InChI=1S/C33H45NO8/c1-30-9-6-24-25(33(30,38)12-8-23(30)21-15-28(36)42-18-21)7-11-32(37)16-22(35)5-10-31(24,32)19-34-17-20-13-26(39-2)29(41-4)27(14-20)40-3/h13-15,19,22-25,35,37-38H,5-12,16-18H2,1-4H3. The van der Waals surface area contributed by atoms with E-state index >= 15 is 0 Å². The van der Waals surface area contributed by atoms with E-state index in [9.17, 15) is 20.1 Å². The van der Waals surface area contributed by atoms with Crippen LogP contribution in [0.1, 0.15) is 70.3 Å². The molecule has 5 aliphatic rings. The lowest BCUT2D eigenvalue weighted by atomic mass is 9.41. The minimum Gasteiger partial charge on any atom is -0.493 e. The number of methoxy groups -OCH3 is 3. The van der Waals surface area contributed by atoms with Gasteiger partial charge in [0.05, 0.1) is 45.2 Å². The maximum absolute atomic E-state index is 12.6. The van der Waals surface area contributed by atoms with Gasteiger partial charge in [0, 0.05) is 29.5 Å². The Balaban J connectivity index is 1.34. The quantitative estimate of drug-likeness (QED) is 0.325. The summed E-state index contributed by atoms with van der Waals surface area (Å²) in [6, 6.07) is 3.77. The van der Waals surface area contributed by atoms with Gasteiger partial charge in [-0.3, -0.25) is 4.99 Å². The van der Waals surface area contributed by atoms with Crippen molar-refractivity contribution in [2.24, 2.45) is 33.6 Å². The van der Waals surface area contributed by atoms with Crippen LogP contribution < -0.4 is 14.2 Å². The molecule has 3 N–H and O–H groups in total. The zero-order valence-electron chi connectivity index (χ0n) is 25.2. The summed E-state index contributed by atoms with van der Waals surface area (Å²) in [4.78, 5) is 16.9. The average Bonchev–Trinajstić information content (AvgIpc) is 3.51. The number of esters is 1. The Morgan fingerprint density at radius 1 is 0.976 bits per heavy atom. The van der Waals surface area contributed by atoms with Crippen molar-refractivity contribution in [2.45, 2.75) is 88.6 Å². The van der Waals surface area contributed by atoms with Gasteiger partial charge in [0.15, 0.2) is 11.5 Å². The van der Waals surface area contributed by atoms with E-state index in [1.54, 1.807) is 27.4 Å². The van der Waals surface area contributed by atoms with Crippen molar-refractivity contribution < 1.29 is 39.1 Å². The highest BCUT2D eigenvalue weighted by Crippen LogP contribution is 2.70. The first-order chi connectivity index (χ1) is 20.0. The Labute approximate surface area is 247 Å². The molecule has 0 bridgehead atoms. The highest BCUT2D eigenvalue weighted by molar-refractivity contribution is 5.85. The lowest BCUT2D eigenvalue weighted by Gasteiger charge is -2.65. The van der Waals surface area contributed by atoms with Crippen molar-refractivity contribution >= 4 is 12.2 Å². The van der Waals surface area contributed by atoms with Crippen molar-refractivity contribution in [2.75, 3.05) is 27.9 Å². The van der Waals surface area contributed by atoms with E-state index in [0.717, 1.165) is 30.4 Å². The fraction of sp³-hybridized carbons (Fsp3) is 0.697. The van der Waals surface area contributed by atoms with Crippen molar-refractivity contribution in [1.82, 2.24) is 0 Å².